The van der Waals surface area contributed by atoms with E-state index in [9.17, 15) is 4.79 Å². The van der Waals surface area contributed by atoms with Crippen molar-refractivity contribution in [2.75, 3.05) is 39.5 Å². The van der Waals surface area contributed by atoms with Crippen LogP contribution in [0.25, 0.3) is 0 Å². The molecule has 1 atom stereocenters. The second-order valence-corrected chi connectivity index (χ2v) is 13.8. The minimum Gasteiger partial charge on any atom is -0.447 e. The molecule has 3 N–H and O–H groups in total. The highest BCUT2D eigenvalue weighted by Crippen LogP contribution is 2.12. The topological polar surface area (TPSA) is 82.8 Å². The zero-order chi connectivity index (χ0) is 34.9. The molecule has 0 aromatic heterocycles. The van der Waals surface area contributed by atoms with Crippen LogP contribution >= 0.6 is 0 Å². The van der Waals surface area contributed by atoms with Crippen molar-refractivity contribution >= 4 is 6.09 Å². The van der Waals surface area contributed by atoms with Gasteiger partial charge in [0.25, 0.3) is 0 Å². The fourth-order valence-electron chi connectivity index (χ4n) is 5.80. The number of alkyl carbamates (subject to hydrolysis) is 1. The van der Waals surface area contributed by atoms with Gasteiger partial charge >= 0.3 is 6.09 Å². The summed E-state index contributed by atoms with van der Waals surface area (Å²) in [5.74, 6) is 0. The maximum Gasteiger partial charge on any atom is 0.407 e. The molecule has 0 radical (unpaired) electrons. The summed E-state index contributed by atoms with van der Waals surface area (Å²) in [6, 6.07) is 0. The second-order valence-electron chi connectivity index (χ2n) is 13.8. The monoisotopic (exact) mass is 679 g/mol. The highest BCUT2D eigenvalue weighted by Gasteiger charge is 2.13. The van der Waals surface area contributed by atoms with Crippen LogP contribution < -0.4 is 11.1 Å². The molecule has 0 rings (SSSR count). The summed E-state index contributed by atoms with van der Waals surface area (Å²) < 4.78 is 17.4. The molecule has 6 nitrogen and oxygen atoms in total. The largest absolute Gasteiger partial charge is 0.447 e. The predicted molar refractivity (Wildman–Crippen MR) is 208 cm³/mol. The van der Waals surface area contributed by atoms with E-state index in [0.29, 0.717) is 26.3 Å². The zero-order valence-electron chi connectivity index (χ0n) is 32.1. The lowest BCUT2D eigenvalue weighted by atomic mass is 10.1. The van der Waals surface area contributed by atoms with Crippen LogP contribution in [0.15, 0.2) is 24.3 Å². The standard InChI is InChI=1S/C42H82N2O4/c1-3-5-7-9-11-13-15-17-19-21-23-25-27-29-31-33-37-46-39-41(40-48-42(45)44-36-35-43)47-38-34-32-30-28-26-24-22-20-18-16-14-12-10-8-6-4-2/h17-20,41H,3-16,21-40,43H2,1-2H3,(H,44,45)/b19-17-,20-18-. The summed E-state index contributed by atoms with van der Waals surface area (Å²) in [7, 11) is 0. The van der Waals surface area contributed by atoms with Crippen molar-refractivity contribution in [2.24, 2.45) is 5.73 Å². The third-order valence-electron chi connectivity index (χ3n) is 8.93. The number of unbranched alkanes of at least 4 members (excludes halogenated alkanes) is 24. The van der Waals surface area contributed by atoms with E-state index in [1.807, 2.05) is 0 Å². The van der Waals surface area contributed by atoms with Crippen molar-refractivity contribution in [1.82, 2.24) is 5.32 Å². The molecule has 0 aromatic rings. The SMILES string of the molecule is CCCCCCCC/C=C\CCCCCCCCOCC(COC(=O)NCCN)OCCCCCCCC/C=C\CCCCCCCC. The fraction of sp³-hybridized carbons (Fsp3) is 0.881. The normalized spacial score (nSPS) is 12.4. The van der Waals surface area contributed by atoms with Crippen LogP contribution in [-0.2, 0) is 14.2 Å². The molecule has 1 amide bonds. The minimum atomic E-state index is -0.445. The summed E-state index contributed by atoms with van der Waals surface area (Å²) in [5, 5.41) is 2.65. The summed E-state index contributed by atoms with van der Waals surface area (Å²) in [6.07, 6.45) is 45.2. The number of amides is 1. The first-order valence-corrected chi connectivity index (χ1v) is 20.8. The molecule has 0 aliphatic heterocycles. The molecular weight excluding hydrogens is 596 g/mol. The van der Waals surface area contributed by atoms with Crippen LogP contribution in [0.2, 0.25) is 0 Å². The smallest absolute Gasteiger partial charge is 0.407 e. The number of rotatable bonds is 39. The Morgan fingerprint density at radius 2 is 0.938 bits per heavy atom. The average molecular weight is 679 g/mol. The molecular formula is C42H82N2O4. The lowest BCUT2D eigenvalue weighted by molar-refractivity contribution is -0.0467. The van der Waals surface area contributed by atoms with Gasteiger partial charge in [-0.3, -0.25) is 0 Å². The van der Waals surface area contributed by atoms with E-state index in [1.54, 1.807) is 0 Å². The van der Waals surface area contributed by atoms with Crippen molar-refractivity contribution < 1.29 is 19.0 Å². The molecule has 0 aromatic carbocycles. The zero-order valence-corrected chi connectivity index (χ0v) is 32.1. The molecule has 0 heterocycles. The molecule has 0 aliphatic rings. The van der Waals surface area contributed by atoms with Crippen LogP contribution in [0.4, 0.5) is 4.79 Å². The maximum atomic E-state index is 11.9. The van der Waals surface area contributed by atoms with E-state index in [0.717, 1.165) is 19.4 Å². The first-order valence-electron chi connectivity index (χ1n) is 20.8. The average Bonchev–Trinajstić information content (AvgIpc) is 3.10. The van der Waals surface area contributed by atoms with Crippen molar-refractivity contribution in [3.8, 4) is 0 Å². The van der Waals surface area contributed by atoms with E-state index in [2.05, 4.69) is 43.5 Å². The third kappa shape index (κ3) is 39.1. The van der Waals surface area contributed by atoms with Crippen molar-refractivity contribution in [3.63, 3.8) is 0 Å². The Bertz CT molecular complexity index is 685. The van der Waals surface area contributed by atoms with Gasteiger partial charge in [0, 0.05) is 26.3 Å². The molecule has 48 heavy (non-hydrogen) atoms. The highest BCUT2D eigenvalue weighted by atomic mass is 16.6. The maximum absolute atomic E-state index is 11.9. The predicted octanol–water partition coefficient (Wildman–Crippen LogP) is 12.1. The molecule has 0 bridgehead atoms. The van der Waals surface area contributed by atoms with Gasteiger partial charge in [-0.1, -0.05) is 154 Å². The van der Waals surface area contributed by atoms with Crippen LogP contribution in [0.3, 0.4) is 0 Å². The van der Waals surface area contributed by atoms with Gasteiger partial charge in [-0.25, -0.2) is 4.79 Å². The number of hydrogen-bond acceptors (Lipinski definition) is 5. The van der Waals surface area contributed by atoms with E-state index in [-0.39, 0.29) is 12.7 Å². The molecule has 0 spiro atoms. The van der Waals surface area contributed by atoms with Gasteiger partial charge in [-0.15, -0.1) is 0 Å². The van der Waals surface area contributed by atoms with E-state index < -0.39 is 6.09 Å². The first kappa shape index (κ1) is 46.6. The molecule has 1 unspecified atom stereocenters. The number of carbonyl (C=O) groups excluding carboxylic acids is 1. The number of allylic oxidation sites excluding steroid dienone is 4. The van der Waals surface area contributed by atoms with Gasteiger partial charge in [-0.2, -0.15) is 0 Å². The number of nitrogens with one attached hydrogen (secondary N) is 1. The fourth-order valence-corrected chi connectivity index (χ4v) is 5.80. The lowest BCUT2D eigenvalue weighted by Gasteiger charge is -2.18. The second kappa shape index (κ2) is 41.8. The Morgan fingerprint density at radius 1 is 0.542 bits per heavy atom. The van der Waals surface area contributed by atoms with E-state index in [1.165, 1.54) is 167 Å². The van der Waals surface area contributed by atoms with Crippen molar-refractivity contribution in [2.45, 2.75) is 200 Å². The quantitative estimate of drug-likeness (QED) is 0.0499. The minimum absolute atomic E-state index is 0.205. The Kier molecular flexibility index (Phi) is 40.6. The molecule has 0 saturated carbocycles. The number of hydrogen-bond donors (Lipinski definition) is 2. The van der Waals surface area contributed by atoms with Crippen LogP contribution in [-0.4, -0.2) is 51.7 Å². The molecule has 0 fully saturated rings. The molecule has 0 aliphatic carbocycles. The highest BCUT2D eigenvalue weighted by molar-refractivity contribution is 5.67. The van der Waals surface area contributed by atoms with Crippen LogP contribution in [0, 0.1) is 0 Å². The van der Waals surface area contributed by atoms with Crippen LogP contribution in [0.5, 0.6) is 0 Å². The Labute approximate surface area is 299 Å². The summed E-state index contributed by atoms with van der Waals surface area (Å²) in [6.45, 7) is 7.43. The Morgan fingerprint density at radius 3 is 1.38 bits per heavy atom. The third-order valence-corrected chi connectivity index (χ3v) is 8.93. The van der Waals surface area contributed by atoms with Gasteiger partial charge in [0.1, 0.15) is 12.7 Å². The number of carbonyl (C=O) groups is 1. The summed E-state index contributed by atoms with van der Waals surface area (Å²) >= 11 is 0. The molecule has 0 saturated heterocycles. The lowest BCUT2D eigenvalue weighted by Crippen LogP contribution is -2.34. The van der Waals surface area contributed by atoms with E-state index >= 15 is 0 Å². The number of nitrogens with two attached hydrogens (primary N) is 1. The molecule has 284 valence electrons. The van der Waals surface area contributed by atoms with E-state index in [4.69, 9.17) is 19.9 Å². The first-order chi connectivity index (χ1) is 23.7. The summed E-state index contributed by atoms with van der Waals surface area (Å²) in [5.41, 5.74) is 5.47. The molecule has 6 heteroatoms. The van der Waals surface area contributed by atoms with Gasteiger partial charge in [0.15, 0.2) is 0 Å². The Hall–Kier alpha value is -1.37. The van der Waals surface area contributed by atoms with Crippen LogP contribution in [0.1, 0.15) is 194 Å². The van der Waals surface area contributed by atoms with Gasteiger partial charge < -0.3 is 25.3 Å². The van der Waals surface area contributed by atoms with Gasteiger partial charge in [0.05, 0.1) is 6.61 Å². The van der Waals surface area contributed by atoms with Gasteiger partial charge in [-0.05, 0) is 64.2 Å². The Balaban J connectivity index is 3.82. The van der Waals surface area contributed by atoms with Crippen molar-refractivity contribution in [1.29, 1.82) is 0 Å². The summed E-state index contributed by atoms with van der Waals surface area (Å²) in [4.78, 5) is 11.9. The van der Waals surface area contributed by atoms with Crippen molar-refractivity contribution in [3.05, 3.63) is 24.3 Å². The van der Waals surface area contributed by atoms with Gasteiger partial charge in [0.2, 0.25) is 0 Å². The number of ether oxygens (including phenoxy) is 3.